The number of halogens is 1. The summed E-state index contributed by atoms with van der Waals surface area (Å²) in [5.41, 5.74) is 5.19. The van der Waals surface area contributed by atoms with Crippen LogP contribution in [0.2, 0.25) is 5.02 Å². The highest BCUT2D eigenvalue weighted by atomic mass is 35.5. The fraction of sp³-hybridized carbons (Fsp3) is 0.125. The van der Waals surface area contributed by atoms with Crippen LogP contribution >= 0.6 is 11.6 Å². The molecule has 0 bridgehead atoms. The Morgan fingerprint density at radius 1 is 1.19 bits per heavy atom. The van der Waals surface area contributed by atoms with E-state index in [1.807, 2.05) is 0 Å². The minimum Gasteiger partial charge on any atom is -0.495 e. The maximum atomic E-state index is 12.7. The number of para-hydroxylation sites is 2. The van der Waals surface area contributed by atoms with Gasteiger partial charge in [0.15, 0.2) is 0 Å². The molecule has 0 radical (unpaired) electrons. The topological polar surface area (TPSA) is 128 Å². The Hall–Kier alpha value is -2.78. The number of hydrogen-bond donors (Lipinski definition) is 3. The Balaban J connectivity index is 2.35. The third kappa shape index (κ3) is 4.64. The van der Waals surface area contributed by atoms with Crippen molar-refractivity contribution in [1.82, 2.24) is 5.32 Å². The van der Waals surface area contributed by atoms with Gasteiger partial charge in [0.25, 0.3) is 15.9 Å². The minimum absolute atomic E-state index is 0.0102. The molecule has 2 aromatic rings. The molecule has 4 N–H and O–H groups in total. The number of rotatable bonds is 7. The summed E-state index contributed by atoms with van der Waals surface area (Å²) in [7, 11) is -2.69. The summed E-state index contributed by atoms with van der Waals surface area (Å²) in [5.74, 6) is -1.06. The van der Waals surface area contributed by atoms with E-state index in [1.165, 1.54) is 25.3 Å². The summed E-state index contributed by atoms with van der Waals surface area (Å²) in [6, 6.07) is 10.2. The zero-order chi connectivity index (χ0) is 19.3. The Bertz CT molecular complexity index is 947. The number of nitrogens with one attached hydrogen (secondary N) is 2. The van der Waals surface area contributed by atoms with Crippen molar-refractivity contribution in [3.8, 4) is 5.75 Å². The van der Waals surface area contributed by atoms with Crippen LogP contribution in [0.15, 0.2) is 47.4 Å². The van der Waals surface area contributed by atoms with Gasteiger partial charge in [-0.1, -0.05) is 23.7 Å². The van der Waals surface area contributed by atoms with Crippen molar-refractivity contribution >= 4 is 39.1 Å². The van der Waals surface area contributed by atoms with E-state index in [1.54, 1.807) is 18.2 Å². The summed E-state index contributed by atoms with van der Waals surface area (Å²) in [5, 5.41) is 2.20. The molecular weight excluding hydrogens is 382 g/mol. The molecule has 2 rings (SSSR count). The van der Waals surface area contributed by atoms with Gasteiger partial charge in [-0.25, -0.2) is 8.42 Å². The first-order valence-electron chi connectivity index (χ1n) is 7.26. The van der Waals surface area contributed by atoms with E-state index in [-0.39, 0.29) is 27.7 Å². The standard InChI is InChI=1S/C16H16ClN3O5S/c1-25-13-5-3-2-4-12(13)20-26(23,24)14-8-10(6-7-11(14)17)16(22)19-9-15(18)21/h2-8,20H,9H2,1H3,(H2,18,21)(H,19,22). The Kier molecular flexibility index (Phi) is 6.06. The summed E-state index contributed by atoms with van der Waals surface area (Å²) in [4.78, 5) is 22.5. The Morgan fingerprint density at radius 2 is 1.88 bits per heavy atom. The average Bonchev–Trinajstić information content (AvgIpc) is 2.60. The SMILES string of the molecule is COc1ccccc1NS(=O)(=O)c1cc(C(=O)NCC(N)=O)ccc1Cl. The van der Waals surface area contributed by atoms with E-state index in [2.05, 4.69) is 10.0 Å². The number of methoxy groups -OCH3 is 1. The molecule has 0 fully saturated rings. The van der Waals surface area contributed by atoms with Crippen LogP contribution in [0.1, 0.15) is 10.4 Å². The molecule has 0 heterocycles. The van der Waals surface area contributed by atoms with Crippen molar-refractivity contribution in [1.29, 1.82) is 0 Å². The van der Waals surface area contributed by atoms with Gasteiger partial charge in [0.05, 0.1) is 24.4 Å². The smallest absolute Gasteiger partial charge is 0.263 e. The molecule has 0 saturated heterocycles. The number of hydrogen-bond acceptors (Lipinski definition) is 5. The number of carbonyl (C=O) groups is 2. The van der Waals surface area contributed by atoms with Gasteiger partial charge >= 0.3 is 0 Å². The molecule has 0 unspecified atom stereocenters. The largest absolute Gasteiger partial charge is 0.495 e. The number of primary amides is 1. The van der Waals surface area contributed by atoms with Crippen molar-refractivity contribution in [2.75, 3.05) is 18.4 Å². The van der Waals surface area contributed by atoms with Gasteiger partial charge in [0.1, 0.15) is 10.6 Å². The monoisotopic (exact) mass is 397 g/mol. The number of carbonyl (C=O) groups excluding carboxylic acids is 2. The van der Waals surface area contributed by atoms with Crippen molar-refractivity contribution in [2.24, 2.45) is 5.73 Å². The zero-order valence-corrected chi connectivity index (χ0v) is 15.2. The summed E-state index contributed by atoms with van der Waals surface area (Å²) in [6.07, 6.45) is 0. The van der Waals surface area contributed by atoms with Gasteiger partial charge < -0.3 is 15.8 Å². The molecule has 2 aromatic carbocycles. The van der Waals surface area contributed by atoms with Crippen LogP contribution in [0.4, 0.5) is 5.69 Å². The summed E-state index contributed by atoms with van der Waals surface area (Å²) < 4.78 is 32.8. The second-order valence-corrected chi connectivity index (χ2v) is 7.16. The maximum Gasteiger partial charge on any atom is 0.263 e. The molecule has 0 aliphatic rings. The molecule has 0 saturated carbocycles. The van der Waals surface area contributed by atoms with E-state index in [0.29, 0.717) is 5.75 Å². The molecule has 0 aromatic heterocycles. The molecule has 0 spiro atoms. The van der Waals surface area contributed by atoms with Crippen LogP contribution in [0, 0.1) is 0 Å². The number of benzene rings is 2. The predicted octanol–water partition coefficient (Wildman–Crippen LogP) is 1.36. The first-order valence-corrected chi connectivity index (χ1v) is 9.12. The fourth-order valence-corrected chi connectivity index (χ4v) is 3.65. The number of amides is 2. The Labute approximate surface area is 155 Å². The quantitative estimate of drug-likeness (QED) is 0.650. The van der Waals surface area contributed by atoms with E-state index >= 15 is 0 Å². The number of anilines is 1. The summed E-state index contributed by atoms with van der Waals surface area (Å²) >= 11 is 6.00. The average molecular weight is 398 g/mol. The van der Waals surface area contributed by atoms with Gasteiger partial charge in [-0.2, -0.15) is 0 Å². The zero-order valence-electron chi connectivity index (χ0n) is 13.7. The lowest BCUT2D eigenvalue weighted by Crippen LogP contribution is -2.33. The molecule has 2 amide bonds. The molecule has 0 aliphatic carbocycles. The van der Waals surface area contributed by atoms with Crippen molar-refractivity contribution < 1.29 is 22.7 Å². The first kappa shape index (κ1) is 19.5. The molecule has 0 aliphatic heterocycles. The first-order chi connectivity index (χ1) is 12.2. The third-order valence-electron chi connectivity index (χ3n) is 3.26. The van der Waals surface area contributed by atoms with Crippen LogP contribution < -0.4 is 20.5 Å². The maximum absolute atomic E-state index is 12.7. The molecular formula is C16H16ClN3O5S. The second kappa shape index (κ2) is 8.07. The van der Waals surface area contributed by atoms with Gasteiger partial charge in [-0.15, -0.1) is 0 Å². The lowest BCUT2D eigenvalue weighted by molar-refractivity contribution is -0.117. The molecule has 0 atom stereocenters. The van der Waals surface area contributed by atoms with Crippen LogP contribution in [-0.2, 0) is 14.8 Å². The van der Waals surface area contributed by atoms with Gasteiger partial charge in [0, 0.05) is 5.56 Å². The number of nitrogens with two attached hydrogens (primary N) is 1. The highest BCUT2D eigenvalue weighted by molar-refractivity contribution is 7.92. The van der Waals surface area contributed by atoms with Gasteiger partial charge in [-0.05, 0) is 30.3 Å². The summed E-state index contributed by atoms with van der Waals surface area (Å²) in [6.45, 7) is -0.372. The van der Waals surface area contributed by atoms with E-state index < -0.39 is 21.8 Å². The highest BCUT2D eigenvalue weighted by Gasteiger charge is 2.21. The molecule has 138 valence electrons. The Morgan fingerprint density at radius 3 is 2.54 bits per heavy atom. The van der Waals surface area contributed by atoms with Gasteiger partial charge in [-0.3, -0.25) is 14.3 Å². The number of ether oxygens (including phenoxy) is 1. The predicted molar refractivity (Wildman–Crippen MR) is 96.8 cm³/mol. The normalized spacial score (nSPS) is 10.8. The van der Waals surface area contributed by atoms with E-state index in [0.717, 1.165) is 6.07 Å². The van der Waals surface area contributed by atoms with Crippen LogP contribution in [0.3, 0.4) is 0 Å². The van der Waals surface area contributed by atoms with E-state index in [9.17, 15) is 18.0 Å². The van der Waals surface area contributed by atoms with Crippen LogP contribution in [0.5, 0.6) is 5.75 Å². The van der Waals surface area contributed by atoms with Crippen molar-refractivity contribution in [3.05, 3.63) is 53.1 Å². The van der Waals surface area contributed by atoms with Gasteiger partial charge in [0.2, 0.25) is 5.91 Å². The molecule has 8 nitrogen and oxygen atoms in total. The van der Waals surface area contributed by atoms with Crippen molar-refractivity contribution in [3.63, 3.8) is 0 Å². The second-order valence-electron chi connectivity index (χ2n) is 5.10. The fourth-order valence-electron chi connectivity index (χ4n) is 2.05. The minimum atomic E-state index is -4.10. The third-order valence-corrected chi connectivity index (χ3v) is 5.10. The van der Waals surface area contributed by atoms with Crippen LogP contribution in [-0.4, -0.2) is 33.9 Å². The highest BCUT2D eigenvalue weighted by Crippen LogP contribution is 2.29. The number of sulfonamides is 1. The van der Waals surface area contributed by atoms with Crippen LogP contribution in [0.25, 0.3) is 0 Å². The lowest BCUT2D eigenvalue weighted by atomic mass is 10.2. The van der Waals surface area contributed by atoms with E-state index in [4.69, 9.17) is 22.1 Å². The lowest BCUT2D eigenvalue weighted by Gasteiger charge is -2.13. The molecule has 26 heavy (non-hydrogen) atoms. The van der Waals surface area contributed by atoms with Crippen molar-refractivity contribution in [2.45, 2.75) is 4.90 Å². The molecule has 10 heteroatoms.